The fraction of sp³-hybridized carbons (Fsp3) is 0.524. The van der Waals surface area contributed by atoms with Crippen molar-refractivity contribution in [2.75, 3.05) is 26.2 Å². The van der Waals surface area contributed by atoms with Crippen LogP contribution in [0.25, 0.3) is 0 Å². The van der Waals surface area contributed by atoms with Crippen molar-refractivity contribution in [2.24, 2.45) is 0 Å². The third-order valence-corrected chi connectivity index (χ3v) is 8.87. The molecule has 1 amide bonds. The largest absolute Gasteiger partial charge is 0.340 e. The van der Waals surface area contributed by atoms with Crippen molar-refractivity contribution in [3.63, 3.8) is 0 Å². The molecule has 2 heterocycles. The predicted molar refractivity (Wildman–Crippen MR) is 120 cm³/mol. The maximum absolute atomic E-state index is 13.0. The highest BCUT2D eigenvalue weighted by Gasteiger charge is 2.31. The van der Waals surface area contributed by atoms with Gasteiger partial charge < -0.3 is 4.90 Å². The molecule has 0 unspecified atom stereocenters. The van der Waals surface area contributed by atoms with Crippen LogP contribution < -0.4 is 0 Å². The van der Waals surface area contributed by atoms with Crippen molar-refractivity contribution in [2.45, 2.75) is 52.0 Å². The van der Waals surface area contributed by atoms with Crippen LogP contribution in [0.4, 0.5) is 0 Å². The summed E-state index contributed by atoms with van der Waals surface area (Å²) in [5.41, 5.74) is 3.68. The van der Waals surface area contributed by atoms with Gasteiger partial charge in [-0.2, -0.15) is 9.40 Å². The van der Waals surface area contributed by atoms with E-state index in [1.807, 2.05) is 51.4 Å². The molecule has 0 radical (unpaired) electrons. The second kappa shape index (κ2) is 8.80. The summed E-state index contributed by atoms with van der Waals surface area (Å²) >= 11 is 3.52. The Bertz CT molecular complexity index is 1060. The van der Waals surface area contributed by atoms with Gasteiger partial charge in [0.2, 0.25) is 15.9 Å². The van der Waals surface area contributed by atoms with Gasteiger partial charge in [-0.15, -0.1) is 0 Å². The Hall–Kier alpha value is -1.71. The van der Waals surface area contributed by atoms with Crippen LogP contribution in [0.5, 0.6) is 0 Å². The van der Waals surface area contributed by atoms with Gasteiger partial charge in [-0.3, -0.25) is 9.48 Å². The number of nitrogens with zero attached hydrogens (tertiary/aromatic N) is 4. The molecule has 0 aliphatic carbocycles. The molecule has 0 spiro atoms. The number of amides is 1. The maximum Gasteiger partial charge on any atom is 0.243 e. The van der Waals surface area contributed by atoms with Crippen LogP contribution in [0.1, 0.15) is 41.9 Å². The average Bonchev–Trinajstić information content (AvgIpc) is 2.95. The van der Waals surface area contributed by atoms with E-state index in [1.54, 1.807) is 11.0 Å². The number of hydrogen-bond acceptors (Lipinski definition) is 4. The lowest BCUT2D eigenvalue weighted by Crippen LogP contribution is -2.50. The van der Waals surface area contributed by atoms with Crippen molar-refractivity contribution in [1.29, 1.82) is 0 Å². The first kappa shape index (κ1) is 23.0. The fourth-order valence-electron chi connectivity index (χ4n) is 3.95. The van der Waals surface area contributed by atoms with Gasteiger partial charge >= 0.3 is 0 Å². The molecule has 1 atom stereocenters. The molecule has 3 rings (SSSR count). The van der Waals surface area contributed by atoms with Gasteiger partial charge in [-0.25, -0.2) is 8.42 Å². The molecule has 0 N–H and O–H groups in total. The molecule has 1 aliphatic heterocycles. The minimum absolute atomic E-state index is 0.0229. The number of hydrogen-bond donors (Lipinski definition) is 0. The standard InChI is InChI=1S/C21H29BrN4O3S/c1-14-6-7-19(15(2)12-14)30(28,29)25-10-8-24(9-11-25)20(27)13-16(3)26-18(5)21(22)17(4)23-26/h6-7,12,16H,8-11,13H2,1-5H3/t16-/m0/s1. The van der Waals surface area contributed by atoms with E-state index in [4.69, 9.17) is 0 Å². The van der Waals surface area contributed by atoms with Crippen LogP contribution in [0.3, 0.4) is 0 Å². The first-order chi connectivity index (χ1) is 14.0. The van der Waals surface area contributed by atoms with Crippen molar-refractivity contribution >= 4 is 31.9 Å². The van der Waals surface area contributed by atoms with Crippen LogP contribution in [0.2, 0.25) is 0 Å². The lowest BCUT2D eigenvalue weighted by atomic mass is 10.2. The topological polar surface area (TPSA) is 75.5 Å². The summed E-state index contributed by atoms with van der Waals surface area (Å²) in [6.45, 7) is 11.1. The number of aromatic nitrogens is 2. The van der Waals surface area contributed by atoms with E-state index in [1.165, 1.54) is 4.31 Å². The van der Waals surface area contributed by atoms with Gasteiger partial charge in [0, 0.05) is 32.6 Å². The zero-order valence-corrected chi connectivity index (χ0v) is 20.5. The third-order valence-electron chi connectivity index (χ3n) is 5.66. The summed E-state index contributed by atoms with van der Waals surface area (Å²) in [6, 6.07) is 5.30. The fourth-order valence-corrected chi connectivity index (χ4v) is 5.83. The second-order valence-electron chi connectivity index (χ2n) is 8.04. The SMILES string of the molecule is Cc1ccc(S(=O)(=O)N2CCN(C(=O)C[C@H](C)n3nc(C)c(Br)c3C)CC2)c(C)c1. The van der Waals surface area contributed by atoms with E-state index in [-0.39, 0.29) is 11.9 Å². The minimum atomic E-state index is -3.56. The van der Waals surface area contributed by atoms with Gasteiger partial charge in [-0.05, 0) is 62.2 Å². The molecule has 9 heteroatoms. The quantitative estimate of drug-likeness (QED) is 0.635. The Labute approximate surface area is 187 Å². The van der Waals surface area contributed by atoms with Crippen LogP contribution in [-0.2, 0) is 14.8 Å². The van der Waals surface area contributed by atoms with Crippen LogP contribution in [0, 0.1) is 27.7 Å². The lowest BCUT2D eigenvalue weighted by Gasteiger charge is -2.34. The Balaban J connectivity index is 1.63. The molecule has 2 aromatic rings. The highest BCUT2D eigenvalue weighted by Crippen LogP contribution is 2.25. The predicted octanol–water partition coefficient (Wildman–Crippen LogP) is 3.36. The van der Waals surface area contributed by atoms with Gasteiger partial charge in [0.05, 0.1) is 26.8 Å². The first-order valence-electron chi connectivity index (χ1n) is 10.1. The molecule has 1 saturated heterocycles. The van der Waals surface area contributed by atoms with E-state index >= 15 is 0 Å². The van der Waals surface area contributed by atoms with Crippen molar-refractivity contribution < 1.29 is 13.2 Å². The summed E-state index contributed by atoms with van der Waals surface area (Å²) in [7, 11) is -3.56. The number of halogens is 1. The normalized spacial score (nSPS) is 16.7. The summed E-state index contributed by atoms with van der Waals surface area (Å²) in [5.74, 6) is 0.0229. The van der Waals surface area contributed by atoms with Crippen molar-refractivity contribution in [3.05, 3.63) is 45.2 Å². The molecule has 1 fully saturated rings. The average molecular weight is 497 g/mol. The Kier molecular flexibility index (Phi) is 6.74. The number of sulfonamides is 1. The number of carbonyl (C=O) groups excluding carboxylic acids is 1. The minimum Gasteiger partial charge on any atom is -0.340 e. The molecule has 0 saturated carbocycles. The molecule has 7 nitrogen and oxygen atoms in total. The van der Waals surface area contributed by atoms with Crippen LogP contribution in [0.15, 0.2) is 27.6 Å². The number of piperazine rings is 1. The van der Waals surface area contributed by atoms with Crippen LogP contribution in [-0.4, -0.2) is 59.5 Å². The van der Waals surface area contributed by atoms with E-state index in [9.17, 15) is 13.2 Å². The highest BCUT2D eigenvalue weighted by atomic mass is 79.9. The molecule has 30 heavy (non-hydrogen) atoms. The lowest BCUT2D eigenvalue weighted by molar-refractivity contribution is -0.133. The number of carbonyl (C=O) groups is 1. The molecular weight excluding hydrogens is 468 g/mol. The summed E-state index contributed by atoms with van der Waals surface area (Å²) in [4.78, 5) is 14.9. The van der Waals surface area contributed by atoms with E-state index in [0.29, 0.717) is 37.5 Å². The Morgan fingerprint density at radius 2 is 1.77 bits per heavy atom. The van der Waals surface area contributed by atoms with Crippen molar-refractivity contribution in [1.82, 2.24) is 19.0 Å². The van der Waals surface area contributed by atoms with Gasteiger partial charge in [-0.1, -0.05) is 17.7 Å². The monoisotopic (exact) mass is 496 g/mol. The highest BCUT2D eigenvalue weighted by molar-refractivity contribution is 9.10. The Morgan fingerprint density at radius 3 is 2.30 bits per heavy atom. The zero-order chi connectivity index (χ0) is 22.2. The van der Waals surface area contributed by atoms with Crippen molar-refractivity contribution in [3.8, 4) is 0 Å². The molecular formula is C21H29BrN4O3S. The molecule has 1 aromatic heterocycles. The van der Waals surface area contributed by atoms with E-state index < -0.39 is 10.0 Å². The van der Waals surface area contributed by atoms with Gasteiger partial charge in [0.25, 0.3) is 0 Å². The number of benzene rings is 1. The number of aryl methyl sites for hydroxylation is 3. The van der Waals surface area contributed by atoms with Crippen LogP contribution >= 0.6 is 15.9 Å². The Morgan fingerprint density at radius 1 is 1.13 bits per heavy atom. The van der Waals surface area contributed by atoms with Gasteiger partial charge in [0.15, 0.2) is 0 Å². The molecule has 0 bridgehead atoms. The summed E-state index contributed by atoms with van der Waals surface area (Å²) in [5, 5.41) is 4.51. The summed E-state index contributed by atoms with van der Waals surface area (Å²) < 4.78 is 30.4. The van der Waals surface area contributed by atoms with E-state index in [2.05, 4.69) is 21.0 Å². The second-order valence-corrected chi connectivity index (χ2v) is 10.7. The number of rotatable bonds is 5. The molecule has 164 valence electrons. The van der Waals surface area contributed by atoms with Gasteiger partial charge in [0.1, 0.15) is 0 Å². The zero-order valence-electron chi connectivity index (χ0n) is 18.1. The first-order valence-corrected chi connectivity index (χ1v) is 12.3. The molecule has 1 aromatic carbocycles. The maximum atomic E-state index is 13.0. The van der Waals surface area contributed by atoms with E-state index in [0.717, 1.165) is 27.0 Å². The molecule has 1 aliphatic rings. The smallest absolute Gasteiger partial charge is 0.243 e. The summed E-state index contributed by atoms with van der Waals surface area (Å²) in [6.07, 6.45) is 0.332. The third kappa shape index (κ3) is 4.48.